The molecule has 2 rings (SSSR count). The van der Waals surface area contributed by atoms with Gasteiger partial charge >= 0.3 is 5.97 Å². The summed E-state index contributed by atoms with van der Waals surface area (Å²) < 4.78 is 11.1. The molecule has 1 aromatic rings. The van der Waals surface area contributed by atoms with Gasteiger partial charge in [0.2, 0.25) is 5.91 Å². The third kappa shape index (κ3) is 4.63. The molecule has 1 aromatic carbocycles. The van der Waals surface area contributed by atoms with Crippen molar-refractivity contribution in [2.75, 3.05) is 20.3 Å². The van der Waals surface area contributed by atoms with Crippen LogP contribution >= 0.6 is 0 Å². The van der Waals surface area contributed by atoms with Gasteiger partial charge in [0.25, 0.3) is 0 Å². The largest absolute Gasteiger partial charge is 0.493 e. The van der Waals surface area contributed by atoms with E-state index in [1.54, 1.807) is 12.0 Å². The number of carbonyl (C=O) groups is 2. The van der Waals surface area contributed by atoms with Crippen LogP contribution < -0.4 is 9.47 Å². The standard InChI is InChI=1S/C18H25NO5/c1-3-4-5-8-24-15-7-6-13(9-16(15)23-2)11-19-12-14(18(21)22)10-17(19)20/h6-7,9,14H,3-5,8,10-12H2,1-2H3,(H,21,22). The Morgan fingerprint density at radius 1 is 1.33 bits per heavy atom. The number of nitrogens with zero attached hydrogens (tertiary/aromatic N) is 1. The molecule has 1 fully saturated rings. The Labute approximate surface area is 142 Å². The minimum Gasteiger partial charge on any atom is -0.493 e. The SMILES string of the molecule is CCCCCOc1ccc(CN2CC(C(=O)O)CC2=O)cc1OC. The maximum absolute atomic E-state index is 11.9. The second-order valence-corrected chi connectivity index (χ2v) is 6.05. The molecule has 1 aliphatic rings. The highest BCUT2D eigenvalue weighted by Crippen LogP contribution is 2.30. The number of hydrogen-bond acceptors (Lipinski definition) is 4. The van der Waals surface area contributed by atoms with Crippen LogP contribution in [0.4, 0.5) is 0 Å². The summed E-state index contributed by atoms with van der Waals surface area (Å²) in [6, 6.07) is 5.57. The fraction of sp³-hybridized carbons (Fsp3) is 0.556. The van der Waals surface area contributed by atoms with E-state index in [0.29, 0.717) is 24.7 Å². The highest BCUT2D eigenvalue weighted by molar-refractivity contribution is 5.86. The number of carboxylic acid groups (broad SMARTS) is 1. The molecule has 0 aromatic heterocycles. The van der Waals surface area contributed by atoms with Crippen molar-refractivity contribution >= 4 is 11.9 Å². The average molecular weight is 335 g/mol. The number of methoxy groups -OCH3 is 1. The molecule has 0 aliphatic carbocycles. The summed E-state index contributed by atoms with van der Waals surface area (Å²) in [5.41, 5.74) is 0.896. The van der Waals surface area contributed by atoms with Crippen LogP contribution in [0.3, 0.4) is 0 Å². The lowest BCUT2D eigenvalue weighted by Crippen LogP contribution is -2.25. The molecule has 0 bridgehead atoms. The van der Waals surface area contributed by atoms with E-state index < -0.39 is 11.9 Å². The molecule has 1 aliphatic heterocycles. The molecule has 1 amide bonds. The van der Waals surface area contributed by atoms with Crippen molar-refractivity contribution in [1.82, 2.24) is 4.90 Å². The second-order valence-electron chi connectivity index (χ2n) is 6.05. The number of benzene rings is 1. The zero-order chi connectivity index (χ0) is 17.5. The van der Waals surface area contributed by atoms with Gasteiger partial charge in [-0.15, -0.1) is 0 Å². The van der Waals surface area contributed by atoms with E-state index in [2.05, 4.69) is 6.92 Å². The van der Waals surface area contributed by atoms with Crippen LogP contribution in [-0.4, -0.2) is 42.1 Å². The molecule has 6 heteroatoms. The van der Waals surface area contributed by atoms with Crippen molar-refractivity contribution < 1.29 is 24.2 Å². The molecule has 0 saturated carbocycles. The quantitative estimate of drug-likeness (QED) is 0.702. The molecule has 1 saturated heterocycles. The minimum atomic E-state index is -0.917. The van der Waals surface area contributed by atoms with Gasteiger partial charge < -0.3 is 19.5 Å². The first kappa shape index (κ1) is 18.1. The normalized spacial score (nSPS) is 17.2. The molecule has 0 spiro atoms. The highest BCUT2D eigenvalue weighted by Gasteiger charge is 2.34. The van der Waals surface area contributed by atoms with Crippen molar-refractivity contribution in [3.63, 3.8) is 0 Å². The maximum atomic E-state index is 11.9. The van der Waals surface area contributed by atoms with Crippen LogP contribution in [0.25, 0.3) is 0 Å². The fourth-order valence-electron chi connectivity index (χ4n) is 2.77. The molecule has 1 unspecified atom stereocenters. The van der Waals surface area contributed by atoms with E-state index in [0.717, 1.165) is 24.8 Å². The molecular weight excluding hydrogens is 310 g/mol. The molecule has 24 heavy (non-hydrogen) atoms. The van der Waals surface area contributed by atoms with Gasteiger partial charge in [0.1, 0.15) is 0 Å². The van der Waals surface area contributed by atoms with Crippen LogP contribution in [0, 0.1) is 5.92 Å². The number of carbonyl (C=O) groups excluding carboxylic acids is 1. The third-order valence-corrected chi connectivity index (χ3v) is 4.17. The first-order valence-electron chi connectivity index (χ1n) is 8.35. The summed E-state index contributed by atoms with van der Waals surface area (Å²) in [5, 5.41) is 9.04. The first-order chi connectivity index (χ1) is 11.5. The van der Waals surface area contributed by atoms with Gasteiger partial charge in [-0.1, -0.05) is 25.8 Å². The monoisotopic (exact) mass is 335 g/mol. The van der Waals surface area contributed by atoms with E-state index in [1.165, 1.54) is 0 Å². The second kappa shape index (κ2) is 8.57. The highest BCUT2D eigenvalue weighted by atomic mass is 16.5. The van der Waals surface area contributed by atoms with E-state index in [1.807, 2.05) is 18.2 Å². The fourth-order valence-corrected chi connectivity index (χ4v) is 2.77. The number of unbranched alkanes of at least 4 members (excludes halogenated alkanes) is 2. The van der Waals surface area contributed by atoms with Crippen molar-refractivity contribution in [1.29, 1.82) is 0 Å². The number of likely N-dealkylation sites (tertiary alicyclic amines) is 1. The summed E-state index contributed by atoms with van der Waals surface area (Å²) in [4.78, 5) is 24.5. The van der Waals surface area contributed by atoms with Gasteiger partial charge in [0, 0.05) is 19.5 Å². The van der Waals surface area contributed by atoms with E-state index in [-0.39, 0.29) is 18.9 Å². The average Bonchev–Trinajstić information content (AvgIpc) is 2.93. The Kier molecular flexibility index (Phi) is 6.46. The minimum absolute atomic E-state index is 0.0745. The summed E-state index contributed by atoms with van der Waals surface area (Å²) >= 11 is 0. The molecule has 0 radical (unpaired) electrons. The Morgan fingerprint density at radius 3 is 2.75 bits per heavy atom. The third-order valence-electron chi connectivity index (χ3n) is 4.17. The number of rotatable bonds is 9. The van der Waals surface area contributed by atoms with Crippen LogP contribution in [0.1, 0.15) is 38.2 Å². The lowest BCUT2D eigenvalue weighted by molar-refractivity contribution is -0.141. The van der Waals surface area contributed by atoms with E-state index in [4.69, 9.17) is 14.6 Å². The van der Waals surface area contributed by atoms with Crippen LogP contribution in [0.2, 0.25) is 0 Å². The van der Waals surface area contributed by atoms with Gasteiger partial charge in [0.05, 0.1) is 19.6 Å². The van der Waals surface area contributed by atoms with Crippen molar-refractivity contribution in [2.45, 2.75) is 39.2 Å². The zero-order valence-corrected chi connectivity index (χ0v) is 14.3. The predicted molar refractivity (Wildman–Crippen MR) is 89.2 cm³/mol. The summed E-state index contributed by atoms with van der Waals surface area (Å²) in [6.45, 7) is 3.43. The Hall–Kier alpha value is -2.24. The van der Waals surface area contributed by atoms with Crippen LogP contribution in [0.15, 0.2) is 18.2 Å². The molecule has 6 nitrogen and oxygen atoms in total. The molecule has 1 N–H and O–H groups in total. The smallest absolute Gasteiger partial charge is 0.308 e. The molecule has 1 heterocycles. The maximum Gasteiger partial charge on any atom is 0.308 e. The van der Waals surface area contributed by atoms with Crippen LogP contribution in [0.5, 0.6) is 11.5 Å². The summed E-state index contributed by atoms with van der Waals surface area (Å²) in [6.07, 6.45) is 3.34. The number of hydrogen-bond donors (Lipinski definition) is 1. The van der Waals surface area contributed by atoms with Crippen molar-refractivity contribution in [3.8, 4) is 11.5 Å². The summed E-state index contributed by atoms with van der Waals surface area (Å²) in [7, 11) is 1.58. The molecule has 1 atom stereocenters. The van der Waals surface area contributed by atoms with Gasteiger partial charge in [-0.2, -0.15) is 0 Å². The van der Waals surface area contributed by atoms with Gasteiger partial charge in [-0.05, 0) is 24.1 Å². The van der Waals surface area contributed by atoms with Crippen LogP contribution in [-0.2, 0) is 16.1 Å². The topological polar surface area (TPSA) is 76.1 Å². The Bertz CT molecular complexity index is 587. The molecule has 132 valence electrons. The lowest BCUT2D eigenvalue weighted by Gasteiger charge is -2.17. The Morgan fingerprint density at radius 2 is 2.12 bits per heavy atom. The van der Waals surface area contributed by atoms with Gasteiger partial charge in [0.15, 0.2) is 11.5 Å². The lowest BCUT2D eigenvalue weighted by atomic mass is 10.1. The van der Waals surface area contributed by atoms with Crippen molar-refractivity contribution in [2.24, 2.45) is 5.92 Å². The Balaban J connectivity index is 1.99. The van der Waals surface area contributed by atoms with Gasteiger partial charge in [-0.3, -0.25) is 9.59 Å². The molecular formula is C18H25NO5. The number of amides is 1. The van der Waals surface area contributed by atoms with E-state index >= 15 is 0 Å². The van der Waals surface area contributed by atoms with Crippen molar-refractivity contribution in [3.05, 3.63) is 23.8 Å². The first-order valence-corrected chi connectivity index (χ1v) is 8.35. The summed E-state index contributed by atoms with van der Waals surface area (Å²) in [5.74, 6) is -0.333. The number of aliphatic carboxylic acids is 1. The predicted octanol–water partition coefficient (Wildman–Crippen LogP) is 2.70. The van der Waals surface area contributed by atoms with Gasteiger partial charge in [-0.25, -0.2) is 0 Å². The number of ether oxygens (including phenoxy) is 2. The van der Waals surface area contributed by atoms with E-state index in [9.17, 15) is 9.59 Å². The zero-order valence-electron chi connectivity index (χ0n) is 14.3. The number of carboxylic acids is 1.